The first-order valence-electron chi connectivity index (χ1n) is 6.06. The normalized spacial score (nSPS) is 15.9. The van der Waals surface area contributed by atoms with Gasteiger partial charge in [0.15, 0.2) is 0 Å². The van der Waals surface area contributed by atoms with E-state index in [1.165, 1.54) is 11.1 Å². The Morgan fingerprint density at radius 3 is 3.00 bits per heavy atom. The van der Waals surface area contributed by atoms with Crippen LogP contribution in [0.25, 0.3) is 0 Å². The Hall–Kier alpha value is -1.64. The molecule has 88 valence electrons. The quantitative estimate of drug-likeness (QED) is 0.843. The molecule has 0 amide bonds. The molecule has 0 saturated heterocycles. The molecular formula is C14H15FN2. The molecule has 1 aromatic heterocycles. The number of nitrogens with one attached hydrogen (secondary N) is 1. The van der Waals surface area contributed by atoms with Crippen LogP contribution in [0.2, 0.25) is 0 Å². The minimum atomic E-state index is -0.0962. The third-order valence-corrected chi connectivity index (χ3v) is 3.67. The number of H-pyrrole nitrogens is 1. The molecule has 0 bridgehead atoms. The zero-order valence-electron chi connectivity index (χ0n) is 9.83. The number of hydrogen-bond donors (Lipinski definition) is 1. The number of halogens is 1. The van der Waals surface area contributed by atoms with Crippen molar-refractivity contribution in [3.8, 4) is 0 Å². The number of aryl methyl sites for hydroxylation is 1. The van der Waals surface area contributed by atoms with Gasteiger partial charge < -0.3 is 4.98 Å². The van der Waals surface area contributed by atoms with Gasteiger partial charge in [-0.1, -0.05) is 13.0 Å². The number of aromatic nitrogens is 2. The number of nitrogens with zero attached hydrogens (tertiary/aromatic N) is 1. The summed E-state index contributed by atoms with van der Waals surface area (Å²) >= 11 is 0. The summed E-state index contributed by atoms with van der Waals surface area (Å²) < 4.78 is 14.0. The Bertz CT molecular complexity index is 531. The van der Waals surface area contributed by atoms with Crippen molar-refractivity contribution in [1.82, 2.24) is 9.97 Å². The summed E-state index contributed by atoms with van der Waals surface area (Å²) in [6, 6.07) is 3.53. The minimum Gasteiger partial charge on any atom is -0.351 e. The van der Waals surface area contributed by atoms with Gasteiger partial charge in [-0.3, -0.25) is 0 Å². The number of hydrogen-bond acceptors (Lipinski definition) is 1. The summed E-state index contributed by atoms with van der Waals surface area (Å²) in [4.78, 5) is 7.17. The molecule has 1 aliphatic carbocycles. The van der Waals surface area contributed by atoms with Gasteiger partial charge in [-0.05, 0) is 36.5 Å². The Kier molecular flexibility index (Phi) is 2.46. The molecule has 0 spiro atoms. The topological polar surface area (TPSA) is 28.7 Å². The SMILES string of the molecule is CC(c1c[nH]cn1)c1c(F)ccc2c1CCC2. The zero-order valence-corrected chi connectivity index (χ0v) is 9.83. The molecule has 1 unspecified atom stereocenters. The smallest absolute Gasteiger partial charge is 0.127 e. The van der Waals surface area contributed by atoms with Gasteiger partial charge in [0.2, 0.25) is 0 Å². The number of imidazole rings is 1. The van der Waals surface area contributed by atoms with Gasteiger partial charge in [0, 0.05) is 17.7 Å². The highest BCUT2D eigenvalue weighted by Gasteiger charge is 2.23. The lowest BCUT2D eigenvalue weighted by Crippen LogP contribution is -2.04. The largest absolute Gasteiger partial charge is 0.351 e. The van der Waals surface area contributed by atoms with Crippen LogP contribution in [0.3, 0.4) is 0 Å². The van der Waals surface area contributed by atoms with Crippen molar-refractivity contribution in [1.29, 1.82) is 0 Å². The lowest BCUT2D eigenvalue weighted by molar-refractivity contribution is 0.597. The van der Waals surface area contributed by atoms with Gasteiger partial charge >= 0.3 is 0 Å². The maximum atomic E-state index is 14.0. The lowest BCUT2D eigenvalue weighted by Gasteiger charge is -2.15. The van der Waals surface area contributed by atoms with Gasteiger partial charge in [0.1, 0.15) is 5.82 Å². The van der Waals surface area contributed by atoms with Crippen molar-refractivity contribution in [3.05, 3.63) is 52.9 Å². The van der Waals surface area contributed by atoms with E-state index in [1.54, 1.807) is 12.4 Å². The van der Waals surface area contributed by atoms with E-state index in [9.17, 15) is 4.39 Å². The molecule has 2 nitrogen and oxygen atoms in total. The molecule has 1 heterocycles. The van der Waals surface area contributed by atoms with Crippen molar-refractivity contribution in [2.45, 2.75) is 32.1 Å². The van der Waals surface area contributed by atoms with E-state index in [2.05, 4.69) is 9.97 Å². The second-order valence-corrected chi connectivity index (χ2v) is 4.67. The van der Waals surface area contributed by atoms with Crippen LogP contribution in [0.1, 0.15) is 41.6 Å². The van der Waals surface area contributed by atoms with Crippen LogP contribution in [-0.4, -0.2) is 9.97 Å². The van der Waals surface area contributed by atoms with Crippen molar-refractivity contribution < 1.29 is 4.39 Å². The molecule has 1 aromatic carbocycles. The third kappa shape index (κ3) is 1.66. The summed E-state index contributed by atoms with van der Waals surface area (Å²) in [5.41, 5.74) is 4.26. The molecule has 0 saturated carbocycles. The van der Waals surface area contributed by atoms with Gasteiger partial charge in [-0.15, -0.1) is 0 Å². The molecule has 17 heavy (non-hydrogen) atoms. The molecule has 1 aliphatic rings. The molecule has 0 aliphatic heterocycles. The van der Waals surface area contributed by atoms with Crippen molar-refractivity contribution in [2.75, 3.05) is 0 Å². The molecule has 0 fully saturated rings. The predicted molar refractivity (Wildman–Crippen MR) is 64.5 cm³/mol. The molecule has 3 rings (SSSR count). The fraction of sp³-hybridized carbons (Fsp3) is 0.357. The molecule has 2 aromatic rings. The average molecular weight is 230 g/mol. The fourth-order valence-corrected chi connectivity index (χ4v) is 2.79. The number of rotatable bonds is 2. The fourth-order valence-electron chi connectivity index (χ4n) is 2.79. The van der Waals surface area contributed by atoms with Crippen LogP contribution in [0.15, 0.2) is 24.7 Å². The summed E-state index contributed by atoms with van der Waals surface area (Å²) in [6.07, 6.45) is 6.71. The maximum absolute atomic E-state index is 14.0. The first-order valence-corrected chi connectivity index (χ1v) is 6.06. The van der Waals surface area contributed by atoms with E-state index in [-0.39, 0.29) is 11.7 Å². The van der Waals surface area contributed by atoms with Crippen LogP contribution >= 0.6 is 0 Å². The van der Waals surface area contributed by atoms with E-state index < -0.39 is 0 Å². The molecule has 3 heteroatoms. The first kappa shape index (κ1) is 10.5. The van der Waals surface area contributed by atoms with E-state index >= 15 is 0 Å². The van der Waals surface area contributed by atoms with Crippen LogP contribution < -0.4 is 0 Å². The molecular weight excluding hydrogens is 215 g/mol. The zero-order chi connectivity index (χ0) is 11.8. The van der Waals surface area contributed by atoms with Gasteiger partial charge in [0.25, 0.3) is 0 Å². The number of fused-ring (bicyclic) bond motifs is 1. The average Bonchev–Trinajstić information content (AvgIpc) is 2.98. The Morgan fingerprint density at radius 2 is 2.24 bits per heavy atom. The molecule has 0 radical (unpaired) electrons. The molecule has 1 atom stereocenters. The number of benzene rings is 1. The van der Waals surface area contributed by atoms with Gasteiger partial charge in [-0.2, -0.15) is 0 Å². The van der Waals surface area contributed by atoms with Crippen molar-refractivity contribution >= 4 is 0 Å². The van der Waals surface area contributed by atoms with Crippen LogP contribution in [0.5, 0.6) is 0 Å². The summed E-state index contributed by atoms with van der Waals surface area (Å²) in [7, 11) is 0. The highest BCUT2D eigenvalue weighted by molar-refractivity contribution is 5.43. The monoisotopic (exact) mass is 230 g/mol. The van der Waals surface area contributed by atoms with Crippen LogP contribution in [-0.2, 0) is 12.8 Å². The summed E-state index contributed by atoms with van der Waals surface area (Å²) in [5.74, 6) is -0.0737. The summed E-state index contributed by atoms with van der Waals surface area (Å²) in [5, 5.41) is 0. The second kappa shape index (κ2) is 3.99. The third-order valence-electron chi connectivity index (χ3n) is 3.67. The predicted octanol–water partition coefficient (Wildman–Crippen LogP) is 3.19. The lowest BCUT2D eigenvalue weighted by atomic mass is 9.91. The van der Waals surface area contributed by atoms with E-state index in [1.807, 2.05) is 19.2 Å². The molecule has 1 N–H and O–H groups in total. The van der Waals surface area contributed by atoms with E-state index in [0.29, 0.717) is 0 Å². The van der Waals surface area contributed by atoms with Gasteiger partial charge in [0.05, 0.1) is 12.0 Å². The first-order chi connectivity index (χ1) is 8.27. The van der Waals surface area contributed by atoms with E-state index in [0.717, 1.165) is 30.5 Å². The van der Waals surface area contributed by atoms with Crippen LogP contribution in [0, 0.1) is 5.82 Å². The minimum absolute atomic E-state index is 0.0225. The van der Waals surface area contributed by atoms with E-state index in [4.69, 9.17) is 0 Å². The summed E-state index contributed by atoms with van der Waals surface area (Å²) in [6.45, 7) is 2.02. The Balaban J connectivity index is 2.11. The highest BCUT2D eigenvalue weighted by Crippen LogP contribution is 2.34. The number of aromatic amines is 1. The second-order valence-electron chi connectivity index (χ2n) is 4.67. The van der Waals surface area contributed by atoms with Crippen LogP contribution in [0.4, 0.5) is 4.39 Å². The highest BCUT2D eigenvalue weighted by atomic mass is 19.1. The van der Waals surface area contributed by atoms with Gasteiger partial charge in [-0.25, -0.2) is 9.37 Å². The van der Waals surface area contributed by atoms with Crippen molar-refractivity contribution in [2.24, 2.45) is 0 Å². The van der Waals surface area contributed by atoms with Crippen molar-refractivity contribution in [3.63, 3.8) is 0 Å². The Labute approximate surface area is 99.9 Å². The standard InChI is InChI=1S/C14H15FN2/c1-9(13-7-16-8-17-13)14-11-4-2-3-10(11)5-6-12(14)15/h5-9H,2-4H2,1H3,(H,16,17). The maximum Gasteiger partial charge on any atom is 0.127 e. The Morgan fingerprint density at radius 1 is 1.35 bits per heavy atom.